The molecule has 16 heteroatoms. The summed E-state index contributed by atoms with van der Waals surface area (Å²) in [5, 5.41) is 2.62. The third-order valence-corrected chi connectivity index (χ3v) is 9.17. The molecule has 0 unspecified atom stereocenters. The molecule has 2 atom stereocenters. The van der Waals surface area contributed by atoms with E-state index in [1.165, 1.54) is 51.2 Å². The Morgan fingerprint density at radius 2 is 1.23 bits per heavy atom. The zero-order chi connectivity index (χ0) is 41.6. The second-order valence-corrected chi connectivity index (χ2v) is 13.6. The number of hydrogen-bond donors (Lipinski definition) is 2. The highest BCUT2D eigenvalue weighted by molar-refractivity contribution is 6.04. The number of likely N-dealkylation sites (tertiary alicyclic amines) is 2. The number of carbonyl (C=O) groups excluding carboxylic acids is 5. The molecule has 0 bridgehead atoms. The first-order valence-electron chi connectivity index (χ1n) is 18.5. The van der Waals surface area contributed by atoms with Gasteiger partial charge in [-0.2, -0.15) is 0 Å². The van der Waals surface area contributed by atoms with E-state index in [0.29, 0.717) is 56.8 Å². The predicted octanol–water partition coefficient (Wildman–Crippen LogP) is 5.32. The van der Waals surface area contributed by atoms with Crippen LogP contribution >= 0.6 is 0 Å². The minimum atomic E-state index is -0.801. The van der Waals surface area contributed by atoms with E-state index < -0.39 is 30.0 Å². The fourth-order valence-electron chi connectivity index (χ4n) is 6.44. The molecule has 3 amide bonds. The van der Waals surface area contributed by atoms with Gasteiger partial charge in [-0.3, -0.25) is 24.5 Å². The summed E-state index contributed by atoms with van der Waals surface area (Å²) in [4.78, 5) is 66.0. The van der Waals surface area contributed by atoms with Crippen LogP contribution in [0.25, 0.3) is 0 Å². The van der Waals surface area contributed by atoms with Crippen LogP contribution in [0.5, 0.6) is 23.0 Å². The second-order valence-electron chi connectivity index (χ2n) is 13.6. The molecule has 57 heavy (non-hydrogen) atoms. The zero-order valence-electron chi connectivity index (χ0n) is 33.0. The predicted molar refractivity (Wildman–Crippen MR) is 211 cm³/mol. The number of nitrogens with two attached hydrogens (primary N) is 1. The molecule has 2 heterocycles. The molecule has 0 radical (unpaired) electrons. The number of methoxy groups -OCH3 is 2. The maximum Gasteiger partial charge on any atom is 0.411 e. The summed E-state index contributed by atoms with van der Waals surface area (Å²) < 4.78 is 38.6. The lowest BCUT2D eigenvalue weighted by molar-refractivity contribution is -0.143. The molecule has 2 fully saturated rings. The monoisotopic (exact) mass is 792 g/mol. The molecule has 308 valence electrons. The maximum atomic E-state index is 13.9. The fourth-order valence-corrected chi connectivity index (χ4v) is 6.44. The smallest absolute Gasteiger partial charge is 0.411 e. The van der Waals surface area contributed by atoms with Gasteiger partial charge in [-0.15, -0.1) is 0 Å². The molecule has 3 N–H and O–H groups in total. The lowest BCUT2D eigenvalue weighted by Crippen LogP contribution is -2.39. The number of nitrogens with one attached hydrogen (secondary N) is 1. The number of nitrogens with zero attached hydrogens (tertiary/aromatic N) is 2. The van der Waals surface area contributed by atoms with E-state index in [1.807, 2.05) is 0 Å². The van der Waals surface area contributed by atoms with Gasteiger partial charge in [0.15, 0.2) is 23.0 Å². The number of ether oxygens (including phenoxy) is 7. The van der Waals surface area contributed by atoms with Crippen molar-refractivity contribution in [2.75, 3.05) is 71.4 Å². The van der Waals surface area contributed by atoms with Crippen molar-refractivity contribution in [3.8, 4) is 23.0 Å². The number of benzene rings is 2. The number of unbranched alkanes of at least 4 members (excludes halogenated alkanes) is 2. The molecule has 4 rings (SSSR count). The molecule has 0 aromatic heterocycles. The van der Waals surface area contributed by atoms with Crippen molar-refractivity contribution in [1.29, 1.82) is 0 Å². The largest absolute Gasteiger partial charge is 0.493 e. The van der Waals surface area contributed by atoms with Crippen LogP contribution in [0.3, 0.4) is 0 Å². The average Bonchev–Trinajstić information content (AvgIpc) is 3.75. The topological polar surface area (TPSA) is 194 Å². The Labute approximate surface area is 332 Å². The van der Waals surface area contributed by atoms with Gasteiger partial charge in [0.1, 0.15) is 19.8 Å². The van der Waals surface area contributed by atoms with E-state index in [4.69, 9.17) is 38.9 Å². The van der Waals surface area contributed by atoms with Crippen LogP contribution in [0.15, 0.2) is 61.2 Å². The minimum Gasteiger partial charge on any atom is -0.493 e. The normalized spacial score (nSPS) is 16.1. The van der Waals surface area contributed by atoms with Crippen LogP contribution in [0.1, 0.15) is 66.7 Å². The van der Waals surface area contributed by atoms with Crippen LogP contribution < -0.4 is 30.0 Å². The van der Waals surface area contributed by atoms with Gasteiger partial charge in [0.25, 0.3) is 11.8 Å². The number of nitrogen functional groups attached to an aromatic ring is 1. The average molecular weight is 793 g/mol. The van der Waals surface area contributed by atoms with Crippen LogP contribution in [-0.2, 0) is 23.8 Å². The summed E-state index contributed by atoms with van der Waals surface area (Å²) in [6, 6.07) is 5.31. The van der Waals surface area contributed by atoms with Crippen molar-refractivity contribution in [1.82, 2.24) is 9.80 Å². The molecular formula is C41H52N4O12. The van der Waals surface area contributed by atoms with Gasteiger partial charge in [0.2, 0.25) is 0 Å². The second kappa shape index (κ2) is 20.6. The summed E-state index contributed by atoms with van der Waals surface area (Å²) in [7, 11) is 2.91. The van der Waals surface area contributed by atoms with Crippen molar-refractivity contribution in [3.05, 3.63) is 72.4 Å². The Hall–Kier alpha value is -6.19. The van der Waals surface area contributed by atoms with Crippen molar-refractivity contribution in [2.24, 2.45) is 0 Å². The summed E-state index contributed by atoms with van der Waals surface area (Å²) in [5.74, 6) is -0.381. The third-order valence-electron chi connectivity index (χ3n) is 9.17. The number of rotatable bonds is 19. The highest BCUT2D eigenvalue weighted by Crippen LogP contribution is 2.37. The number of hydrogen-bond acceptors (Lipinski definition) is 13. The standard InChI is InChI=1S/C41H52N4O12/c1-8-12-55-41(50)43-34-20-38(36(52-7)18-32(34)40(49)45-22-26(3)16-30(45)24-57-28(5)47)54-14-11-9-10-13-53-37-19-33(42)31(17-35(37)51-6)39(48)44-21-25(2)15-29(44)23-56-27(4)46/h8,17-20,29-30H,1-3,9-16,21-24,42H2,4-7H3,(H,43,50)/t29-,30-/m0/s1. The number of esters is 2. The SMILES string of the molecule is C=CCOC(=O)Nc1cc(OCCCCCOc2cc(N)c(C(=O)N3CC(=C)C[C@H]3COC(C)=O)cc2OC)c(OC)cc1C(=O)N1CC(=C)C[C@H]1COC(C)=O. The van der Waals surface area contributed by atoms with Crippen LogP contribution in [-0.4, -0.2) is 112 Å². The molecule has 2 saturated heterocycles. The van der Waals surface area contributed by atoms with E-state index in [2.05, 4.69) is 25.1 Å². The zero-order valence-corrected chi connectivity index (χ0v) is 33.0. The fraction of sp³-hybridized carbons (Fsp3) is 0.439. The minimum absolute atomic E-state index is 0.0000357. The Bertz CT molecular complexity index is 1860. The lowest BCUT2D eigenvalue weighted by atomic mass is 10.1. The van der Waals surface area contributed by atoms with E-state index >= 15 is 0 Å². The first-order chi connectivity index (χ1) is 27.3. The summed E-state index contributed by atoms with van der Waals surface area (Å²) in [5.41, 5.74) is 8.67. The van der Waals surface area contributed by atoms with E-state index in [9.17, 15) is 24.0 Å². The van der Waals surface area contributed by atoms with Crippen molar-refractivity contribution < 1.29 is 57.1 Å². The van der Waals surface area contributed by atoms with Gasteiger partial charge in [-0.05, 0) is 44.2 Å². The molecule has 0 spiro atoms. The number of anilines is 2. The molecule has 2 aliphatic rings. The summed E-state index contributed by atoms with van der Waals surface area (Å²) in [6.45, 7) is 15.4. The Morgan fingerprint density at radius 1 is 0.737 bits per heavy atom. The Balaban J connectivity index is 1.37. The van der Waals surface area contributed by atoms with Crippen LogP contribution in [0, 0.1) is 0 Å². The van der Waals surface area contributed by atoms with E-state index in [-0.39, 0.29) is 78.9 Å². The lowest BCUT2D eigenvalue weighted by Gasteiger charge is -2.25. The van der Waals surface area contributed by atoms with Gasteiger partial charge in [0, 0.05) is 44.8 Å². The number of amides is 3. The van der Waals surface area contributed by atoms with Gasteiger partial charge in [-0.25, -0.2) is 4.79 Å². The molecule has 2 aromatic carbocycles. The highest BCUT2D eigenvalue weighted by atomic mass is 16.6. The van der Waals surface area contributed by atoms with Crippen LogP contribution in [0.4, 0.5) is 16.2 Å². The Kier molecular flexibility index (Phi) is 15.8. The first-order valence-corrected chi connectivity index (χ1v) is 18.5. The Morgan fingerprint density at radius 3 is 1.72 bits per heavy atom. The van der Waals surface area contributed by atoms with Gasteiger partial charge in [0.05, 0.1) is 56.3 Å². The molecule has 0 aliphatic carbocycles. The summed E-state index contributed by atoms with van der Waals surface area (Å²) >= 11 is 0. The third kappa shape index (κ3) is 11.9. The molecule has 0 saturated carbocycles. The van der Waals surface area contributed by atoms with Crippen molar-refractivity contribution in [2.45, 2.75) is 58.0 Å². The van der Waals surface area contributed by atoms with Gasteiger partial charge in [-0.1, -0.05) is 37.0 Å². The molecular weight excluding hydrogens is 740 g/mol. The van der Waals surface area contributed by atoms with Crippen molar-refractivity contribution >= 4 is 41.2 Å². The molecule has 2 aromatic rings. The van der Waals surface area contributed by atoms with Crippen LogP contribution in [0.2, 0.25) is 0 Å². The van der Waals surface area contributed by atoms with E-state index in [1.54, 1.807) is 17.0 Å². The van der Waals surface area contributed by atoms with Crippen molar-refractivity contribution in [3.63, 3.8) is 0 Å². The first kappa shape index (κ1) is 43.5. The quantitative estimate of drug-likeness (QED) is 0.0611. The van der Waals surface area contributed by atoms with Gasteiger partial charge >= 0.3 is 18.0 Å². The molecule has 16 nitrogen and oxygen atoms in total. The maximum absolute atomic E-state index is 13.9. The number of carbonyl (C=O) groups is 5. The highest BCUT2D eigenvalue weighted by Gasteiger charge is 2.35. The summed E-state index contributed by atoms with van der Waals surface area (Å²) in [6.07, 6.45) is 3.56. The van der Waals surface area contributed by atoms with E-state index in [0.717, 1.165) is 11.1 Å². The van der Waals surface area contributed by atoms with Gasteiger partial charge < -0.3 is 48.7 Å². The molecule has 2 aliphatic heterocycles.